The Balaban J connectivity index is -0.00000000267. The van der Waals surface area contributed by atoms with Crippen LogP contribution in [0.5, 0.6) is 0 Å². The molecule has 0 aromatic rings. The average molecular weight is 142 g/mol. The Morgan fingerprint density at radius 2 is 0.714 bits per heavy atom. The minimum absolute atomic E-state index is 0. The van der Waals surface area contributed by atoms with Crippen LogP contribution in [-0.4, -0.2) is 0 Å². The van der Waals surface area contributed by atoms with Crippen LogP contribution < -0.4 is 0 Å². The summed E-state index contributed by atoms with van der Waals surface area (Å²) >= 11 is 0. The molecule has 47 valence electrons. The predicted molar refractivity (Wildman–Crippen MR) is 34.4 cm³/mol. The van der Waals surface area contributed by atoms with Gasteiger partial charge in [-0.3, -0.25) is 0 Å². The number of hydrogen-bond donors (Lipinski definition) is 0. The minimum Gasteiger partial charge on any atom is -0.693 e. The third-order valence-electron chi connectivity index (χ3n) is 0. The molecular weight excluding hydrogens is 125 g/mol. The van der Waals surface area contributed by atoms with Crippen LogP contribution in [0.1, 0.15) is 27.7 Å². The van der Waals surface area contributed by atoms with Gasteiger partial charge in [-0.2, -0.15) is 0 Å². The zero-order valence-electron chi connectivity index (χ0n) is 6.02. The summed E-state index contributed by atoms with van der Waals surface area (Å²) in [6, 6.07) is 0. The molecule has 0 spiro atoms. The van der Waals surface area contributed by atoms with Gasteiger partial charge in [0, 0.05) is 0 Å². The van der Waals surface area contributed by atoms with Crippen LogP contribution in [0.2, 0.25) is 0 Å². The van der Waals surface area contributed by atoms with Crippen LogP contribution in [0.4, 0.5) is 0 Å². The van der Waals surface area contributed by atoms with E-state index >= 15 is 0 Å². The van der Waals surface area contributed by atoms with Crippen molar-refractivity contribution in [1.82, 2.24) is 0 Å². The number of rotatable bonds is 0. The third-order valence-corrected chi connectivity index (χ3v) is 0. The quantitative estimate of drug-likeness (QED) is 0.465. The SMILES string of the molecule is CC.CC.[CH3-].[NH2-].[V+2]. The molecule has 0 aliphatic rings. The summed E-state index contributed by atoms with van der Waals surface area (Å²) in [4.78, 5) is 0. The molecule has 0 atom stereocenters. The first kappa shape index (κ1) is 49.9. The van der Waals surface area contributed by atoms with E-state index in [1.54, 1.807) is 0 Å². The smallest absolute Gasteiger partial charge is 0.693 e. The summed E-state index contributed by atoms with van der Waals surface area (Å²) in [6.45, 7) is 8.00. The van der Waals surface area contributed by atoms with Crippen LogP contribution in [-0.2, 0) is 18.6 Å². The third kappa shape index (κ3) is 456. The van der Waals surface area contributed by atoms with Gasteiger partial charge in [-0.1, -0.05) is 27.7 Å². The molecule has 2 N–H and O–H groups in total. The van der Waals surface area contributed by atoms with E-state index in [9.17, 15) is 0 Å². The molecule has 0 fully saturated rings. The van der Waals surface area contributed by atoms with Gasteiger partial charge in [0.25, 0.3) is 0 Å². The van der Waals surface area contributed by atoms with E-state index < -0.39 is 0 Å². The number of hydrogen-bond acceptors (Lipinski definition) is 0. The molecule has 7 heavy (non-hydrogen) atoms. The zero-order valence-corrected chi connectivity index (χ0v) is 7.42. The van der Waals surface area contributed by atoms with Crippen molar-refractivity contribution >= 4 is 0 Å². The van der Waals surface area contributed by atoms with Gasteiger partial charge in [0.05, 0.1) is 0 Å². The van der Waals surface area contributed by atoms with Gasteiger partial charge in [-0.05, 0) is 0 Å². The van der Waals surface area contributed by atoms with Crippen molar-refractivity contribution in [1.29, 1.82) is 0 Å². The summed E-state index contributed by atoms with van der Waals surface area (Å²) in [5, 5.41) is 0. The Labute approximate surface area is 60.4 Å². The summed E-state index contributed by atoms with van der Waals surface area (Å²) in [6.07, 6.45) is 0. The van der Waals surface area contributed by atoms with E-state index in [0.717, 1.165) is 0 Å². The van der Waals surface area contributed by atoms with Gasteiger partial charge in [0.2, 0.25) is 0 Å². The van der Waals surface area contributed by atoms with Crippen molar-refractivity contribution in [2.24, 2.45) is 0 Å². The van der Waals surface area contributed by atoms with Gasteiger partial charge in [-0.25, -0.2) is 0 Å². The molecule has 0 aliphatic carbocycles. The van der Waals surface area contributed by atoms with Gasteiger partial charge in [-0.15, -0.1) is 0 Å². The first-order valence-corrected chi connectivity index (χ1v) is 2.00. The molecule has 0 amide bonds. The first-order valence-electron chi connectivity index (χ1n) is 2.00. The summed E-state index contributed by atoms with van der Waals surface area (Å²) in [5.41, 5.74) is 0. The van der Waals surface area contributed by atoms with Crippen LogP contribution in [0.25, 0.3) is 6.15 Å². The largest absolute Gasteiger partial charge is 2.00 e. The summed E-state index contributed by atoms with van der Waals surface area (Å²) < 4.78 is 0. The second-order valence-electron chi connectivity index (χ2n) is 0. The van der Waals surface area contributed by atoms with Crippen LogP contribution in [0.3, 0.4) is 0 Å². The Morgan fingerprint density at radius 3 is 0.714 bits per heavy atom. The van der Waals surface area contributed by atoms with Crippen LogP contribution in [0, 0.1) is 7.43 Å². The standard InChI is InChI=1S/2C2H6.CH3.H2N.V/c2*1-2;;;/h2*1-2H3;1H3;1H2;/q;;2*-1;+2. The second kappa shape index (κ2) is 679. The van der Waals surface area contributed by atoms with E-state index in [1.807, 2.05) is 27.7 Å². The molecule has 0 unspecified atom stereocenters. The molecule has 1 radical (unpaired) electrons. The minimum atomic E-state index is 0. The maximum Gasteiger partial charge on any atom is 2.00 e. The van der Waals surface area contributed by atoms with Crippen molar-refractivity contribution in [2.75, 3.05) is 0 Å². The van der Waals surface area contributed by atoms with Gasteiger partial charge in [0.1, 0.15) is 0 Å². The molecular formula is C5H17NV. The van der Waals surface area contributed by atoms with E-state index in [2.05, 4.69) is 0 Å². The molecule has 1 nitrogen and oxygen atoms in total. The molecule has 0 saturated carbocycles. The van der Waals surface area contributed by atoms with Crippen molar-refractivity contribution < 1.29 is 18.6 Å². The monoisotopic (exact) mass is 142 g/mol. The van der Waals surface area contributed by atoms with Crippen molar-refractivity contribution in [2.45, 2.75) is 27.7 Å². The van der Waals surface area contributed by atoms with E-state index in [-0.39, 0.29) is 32.1 Å². The Bertz CT molecular complexity index is 8.04. The molecule has 0 bridgehead atoms. The van der Waals surface area contributed by atoms with Crippen LogP contribution in [0.15, 0.2) is 0 Å². The maximum atomic E-state index is 2.00. The van der Waals surface area contributed by atoms with Gasteiger partial charge >= 0.3 is 18.6 Å². The Kier molecular flexibility index (Phi) is 4840. The second-order valence-corrected chi connectivity index (χ2v) is 0. The van der Waals surface area contributed by atoms with E-state index in [0.29, 0.717) is 0 Å². The fraction of sp³-hybridized carbons (Fsp3) is 0.800. The summed E-state index contributed by atoms with van der Waals surface area (Å²) in [7, 11) is 0. The number of nitrogens with two attached hydrogens (primary N) is 1. The fourth-order valence-electron chi connectivity index (χ4n) is 0. The molecule has 0 rings (SSSR count). The fourth-order valence-corrected chi connectivity index (χ4v) is 0. The van der Waals surface area contributed by atoms with Gasteiger partial charge < -0.3 is 13.6 Å². The molecule has 2 heteroatoms. The van der Waals surface area contributed by atoms with Crippen molar-refractivity contribution in [3.05, 3.63) is 13.6 Å². The van der Waals surface area contributed by atoms with Gasteiger partial charge in [0.15, 0.2) is 0 Å². The van der Waals surface area contributed by atoms with E-state index in [4.69, 9.17) is 0 Å². The topological polar surface area (TPSA) is 33.5 Å². The van der Waals surface area contributed by atoms with E-state index in [1.165, 1.54) is 0 Å². The Hall–Kier alpha value is 0.544. The molecule has 0 saturated heterocycles. The zero-order chi connectivity index (χ0) is 4.00. The molecule has 0 aromatic carbocycles. The summed E-state index contributed by atoms with van der Waals surface area (Å²) in [5.74, 6) is 0. The average Bonchev–Trinajstić information content (AvgIpc) is 1.50. The Morgan fingerprint density at radius 1 is 0.714 bits per heavy atom. The normalized spacial score (nSPS) is 1.71. The van der Waals surface area contributed by atoms with Crippen molar-refractivity contribution in [3.63, 3.8) is 0 Å². The predicted octanol–water partition coefficient (Wildman–Crippen LogP) is 3.22. The van der Waals surface area contributed by atoms with Crippen LogP contribution >= 0.6 is 0 Å². The molecule has 0 aromatic heterocycles. The van der Waals surface area contributed by atoms with Crippen molar-refractivity contribution in [3.8, 4) is 0 Å². The molecule has 0 aliphatic heterocycles. The first-order chi connectivity index (χ1) is 2.00. The maximum absolute atomic E-state index is 2.00. The molecule has 0 heterocycles.